The maximum absolute atomic E-state index is 13.8. The number of aromatic nitrogens is 4. The molecule has 0 spiro atoms. The highest BCUT2D eigenvalue weighted by atomic mass is 19.1. The highest BCUT2D eigenvalue weighted by Crippen LogP contribution is 2.30. The van der Waals surface area contributed by atoms with Crippen molar-refractivity contribution < 1.29 is 33.3 Å². The fourth-order valence-corrected chi connectivity index (χ4v) is 6.38. The summed E-state index contributed by atoms with van der Waals surface area (Å²) in [7, 11) is 1.61. The minimum Gasteiger partial charge on any atom is -0.497 e. The highest BCUT2D eigenvalue weighted by Gasteiger charge is 2.19. The lowest BCUT2D eigenvalue weighted by Gasteiger charge is -2.06. The SMILES string of the molecule is COc1ccc(Cc2c(C)n(CC(=O)O)c3ccc(F)cc23)cc1.Cc1c(Cc2cnc3ccccc3n2)c2cc(F)ccc2n1CC(=O)O. The number of nitrogens with zero attached hydrogens (tertiary/aromatic N) is 4. The molecule has 11 heteroatoms. The van der Waals surface area contributed by atoms with Crippen molar-refractivity contribution in [2.45, 2.75) is 39.8 Å². The van der Waals surface area contributed by atoms with E-state index in [0.29, 0.717) is 23.7 Å². The Balaban J connectivity index is 0.000000174. The maximum Gasteiger partial charge on any atom is 0.323 e. The topological polar surface area (TPSA) is 119 Å². The first kappa shape index (κ1) is 33.8. The molecule has 7 rings (SSSR count). The molecular formula is C39H34F2N4O5. The van der Waals surface area contributed by atoms with Crippen LogP contribution in [0.4, 0.5) is 8.78 Å². The van der Waals surface area contributed by atoms with Crippen molar-refractivity contribution in [1.29, 1.82) is 0 Å². The Morgan fingerprint density at radius 1 is 0.720 bits per heavy atom. The van der Waals surface area contributed by atoms with Gasteiger partial charge in [0.1, 0.15) is 30.5 Å². The van der Waals surface area contributed by atoms with Gasteiger partial charge >= 0.3 is 11.9 Å². The molecule has 0 saturated carbocycles. The highest BCUT2D eigenvalue weighted by molar-refractivity contribution is 5.88. The molecular weight excluding hydrogens is 642 g/mol. The van der Waals surface area contributed by atoms with Gasteiger partial charge in [0.05, 0.1) is 23.8 Å². The largest absolute Gasteiger partial charge is 0.497 e. The van der Waals surface area contributed by atoms with Gasteiger partial charge in [-0.3, -0.25) is 14.6 Å². The Bertz CT molecular complexity index is 2380. The predicted molar refractivity (Wildman–Crippen MR) is 187 cm³/mol. The van der Waals surface area contributed by atoms with Crippen molar-refractivity contribution in [3.63, 3.8) is 0 Å². The molecule has 2 N–H and O–H groups in total. The van der Waals surface area contributed by atoms with Crippen LogP contribution in [0, 0.1) is 25.5 Å². The molecule has 9 nitrogen and oxygen atoms in total. The van der Waals surface area contributed by atoms with E-state index in [1.54, 1.807) is 34.6 Å². The molecule has 0 saturated heterocycles. The summed E-state index contributed by atoms with van der Waals surface area (Å²) in [5.74, 6) is -1.77. The molecule has 0 fully saturated rings. The molecule has 3 heterocycles. The summed E-state index contributed by atoms with van der Waals surface area (Å²) >= 11 is 0. The van der Waals surface area contributed by atoms with Crippen molar-refractivity contribution in [3.8, 4) is 5.75 Å². The van der Waals surface area contributed by atoms with Gasteiger partial charge in [0.15, 0.2) is 0 Å². The molecule has 4 aromatic carbocycles. The summed E-state index contributed by atoms with van der Waals surface area (Å²) in [6.45, 7) is 3.41. The van der Waals surface area contributed by atoms with Gasteiger partial charge in [0.2, 0.25) is 0 Å². The average molecular weight is 677 g/mol. The summed E-state index contributed by atoms with van der Waals surface area (Å²) in [6, 6.07) is 24.1. The van der Waals surface area contributed by atoms with Crippen LogP contribution >= 0.6 is 0 Å². The molecule has 254 valence electrons. The predicted octanol–water partition coefficient (Wildman–Crippen LogP) is 7.48. The van der Waals surface area contributed by atoms with E-state index in [2.05, 4.69) is 9.97 Å². The van der Waals surface area contributed by atoms with E-state index >= 15 is 0 Å². The molecule has 0 aliphatic rings. The van der Waals surface area contributed by atoms with E-state index < -0.39 is 11.9 Å². The molecule has 7 aromatic rings. The lowest BCUT2D eigenvalue weighted by Crippen LogP contribution is -2.10. The quantitative estimate of drug-likeness (QED) is 0.163. The van der Waals surface area contributed by atoms with Crippen LogP contribution in [-0.4, -0.2) is 48.4 Å². The fourth-order valence-electron chi connectivity index (χ4n) is 6.38. The smallest absolute Gasteiger partial charge is 0.323 e. The van der Waals surface area contributed by atoms with Crippen LogP contribution in [0.25, 0.3) is 32.8 Å². The Hall–Kier alpha value is -6.10. The third kappa shape index (κ3) is 7.02. The number of hydrogen-bond donors (Lipinski definition) is 2. The first-order chi connectivity index (χ1) is 24.0. The number of carboxylic acid groups (broad SMARTS) is 2. The zero-order chi connectivity index (χ0) is 35.5. The van der Waals surface area contributed by atoms with Gasteiger partial charge in [-0.15, -0.1) is 0 Å². The van der Waals surface area contributed by atoms with Gasteiger partial charge in [0, 0.05) is 45.8 Å². The number of carbonyl (C=O) groups is 2. The molecule has 0 aliphatic heterocycles. The number of aliphatic carboxylic acids is 2. The van der Waals surface area contributed by atoms with Gasteiger partial charge in [-0.1, -0.05) is 24.3 Å². The monoisotopic (exact) mass is 676 g/mol. The van der Waals surface area contributed by atoms with E-state index in [-0.39, 0.29) is 24.7 Å². The number of fused-ring (bicyclic) bond motifs is 3. The lowest BCUT2D eigenvalue weighted by atomic mass is 10.0. The van der Waals surface area contributed by atoms with Crippen molar-refractivity contribution in [2.24, 2.45) is 0 Å². The van der Waals surface area contributed by atoms with Crippen LogP contribution in [0.3, 0.4) is 0 Å². The number of methoxy groups -OCH3 is 1. The van der Waals surface area contributed by atoms with Gasteiger partial charge in [-0.25, -0.2) is 13.8 Å². The van der Waals surface area contributed by atoms with E-state index in [4.69, 9.17) is 9.84 Å². The standard InChI is InChI=1S/C20H16FN3O2.C19H18FNO3/c1-12-15(9-14-10-22-17-4-2-3-5-18(17)23-14)16-8-13(21)6-7-19(16)24(12)11-20(25)26;1-12-16(9-13-3-6-15(24-2)7-4-13)17-10-14(20)5-8-18(17)21(12)11-19(22)23/h2-8,10H,9,11H2,1H3,(H,25,26);3-8,10H,9,11H2,1-2H3,(H,22,23). The molecule has 0 radical (unpaired) electrons. The molecule has 50 heavy (non-hydrogen) atoms. The molecule has 3 aromatic heterocycles. The fraction of sp³-hybridized carbons (Fsp3) is 0.179. The van der Waals surface area contributed by atoms with Crippen LogP contribution in [0.5, 0.6) is 5.75 Å². The number of rotatable bonds is 9. The normalized spacial score (nSPS) is 11.1. The van der Waals surface area contributed by atoms with Crippen molar-refractivity contribution >= 4 is 44.8 Å². The summed E-state index contributed by atoms with van der Waals surface area (Å²) in [5.41, 5.74) is 8.30. The van der Waals surface area contributed by atoms with Crippen LogP contribution in [0.1, 0.15) is 33.8 Å². The van der Waals surface area contributed by atoms with Gasteiger partial charge < -0.3 is 24.1 Å². The minimum atomic E-state index is -0.939. The van der Waals surface area contributed by atoms with Gasteiger partial charge in [-0.05, 0) is 97.6 Å². The van der Waals surface area contributed by atoms with Crippen molar-refractivity contribution in [1.82, 2.24) is 19.1 Å². The second-order valence-electron chi connectivity index (χ2n) is 12.0. The second-order valence-corrected chi connectivity index (χ2v) is 12.0. The number of para-hydroxylation sites is 2. The zero-order valence-corrected chi connectivity index (χ0v) is 27.7. The van der Waals surface area contributed by atoms with Crippen molar-refractivity contribution in [2.75, 3.05) is 7.11 Å². The number of halogens is 2. The summed E-state index contributed by atoms with van der Waals surface area (Å²) in [4.78, 5) is 31.4. The number of hydrogen-bond acceptors (Lipinski definition) is 5. The Morgan fingerprint density at radius 3 is 1.76 bits per heavy atom. The molecule has 0 atom stereocenters. The van der Waals surface area contributed by atoms with Crippen LogP contribution in [0.15, 0.2) is 91.1 Å². The Morgan fingerprint density at radius 2 is 1.24 bits per heavy atom. The molecule has 0 aliphatic carbocycles. The molecule has 0 bridgehead atoms. The molecule has 0 unspecified atom stereocenters. The number of benzene rings is 4. The van der Waals surface area contributed by atoms with E-state index in [9.17, 15) is 23.5 Å². The van der Waals surface area contributed by atoms with Crippen LogP contribution in [0.2, 0.25) is 0 Å². The van der Waals surface area contributed by atoms with E-state index in [0.717, 1.165) is 61.5 Å². The number of ether oxygens (including phenoxy) is 1. The zero-order valence-electron chi connectivity index (χ0n) is 27.7. The maximum atomic E-state index is 13.8. The summed E-state index contributed by atoms with van der Waals surface area (Å²) in [6.07, 6.45) is 2.76. The summed E-state index contributed by atoms with van der Waals surface area (Å²) < 4.78 is 36.1. The second kappa shape index (κ2) is 14.2. The lowest BCUT2D eigenvalue weighted by molar-refractivity contribution is -0.138. The number of carboxylic acids is 2. The van der Waals surface area contributed by atoms with E-state index in [1.165, 1.54) is 24.3 Å². The third-order valence-corrected chi connectivity index (χ3v) is 8.82. The first-order valence-corrected chi connectivity index (χ1v) is 15.8. The first-order valence-electron chi connectivity index (χ1n) is 15.8. The third-order valence-electron chi connectivity index (χ3n) is 8.82. The van der Waals surface area contributed by atoms with Crippen molar-refractivity contribution in [3.05, 3.63) is 137 Å². The van der Waals surface area contributed by atoms with Crippen LogP contribution in [-0.2, 0) is 35.5 Å². The minimum absolute atomic E-state index is 0.142. The Labute approximate surface area is 286 Å². The molecule has 0 amide bonds. The average Bonchev–Trinajstić information content (AvgIpc) is 3.48. The summed E-state index contributed by atoms with van der Waals surface area (Å²) in [5, 5.41) is 19.8. The Kier molecular flexibility index (Phi) is 9.58. The van der Waals surface area contributed by atoms with Gasteiger partial charge in [0.25, 0.3) is 0 Å². The van der Waals surface area contributed by atoms with E-state index in [1.807, 2.05) is 62.4 Å². The van der Waals surface area contributed by atoms with Crippen LogP contribution < -0.4 is 4.74 Å². The van der Waals surface area contributed by atoms with Gasteiger partial charge in [-0.2, -0.15) is 0 Å².